The predicted octanol–water partition coefficient (Wildman–Crippen LogP) is 3.35. The fourth-order valence-corrected chi connectivity index (χ4v) is 4.66. The molecule has 0 aromatic carbocycles. The molecule has 0 radical (unpaired) electrons. The highest BCUT2D eigenvalue weighted by Crippen LogP contribution is 2.40. The number of hydrogen-bond donors (Lipinski definition) is 2. The van der Waals surface area contributed by atoms with Crippen molar-refractivity contribution in [2.45, 2.75) is 43.4 Å². The van der Waals surface area contributed by atoms with Gasteiger partial charge in [0.1, 0.15) is 23.4 Å². The molecule has 1 fully saturated rings. The highest BCUT2D eigenvalue weighted by Gasteiger charge is 2.36. The zero-order valence-electron chi connectivity index (χ0n) is 17.9. The van der Waals surface area contributed by atoms with Gasteiger partial charge in [0, 0.05) is 17.4 Å². The molecule has 1 aliphatic heterocycles. The van der Waals surface area contributed by atoms with Gasteiger partial charge in [-0.2, -0.15) is 0 Å². The molecule has 3 aromatic heterocycles. The number of furan rings is 2. The first-order valence-corrected chi connectivity index (χ1v) is 11.7. The van der Waals surface area contributed by atoms with E-state index in [2.05, 4.69) is 20.8 Å². The molecule has 3 aromatic rings. The summed E-state index contributed by atoms with van der Waals surface area (Å²) in [6.07, 6.45) is 5.31. The molecule has 4 heterocycles. The molecule has 0 saturated heterocycles. The van der Waals surface area contributed by atoms with Crippen LogP contribution in [0.4, 0.5) is 4.79 Å². The van der Waals surface area contributed by atoms with Gasteiger partial charge in [-0.1, -0.05) is 11.8 Å². The monoisotopic (exact) mass is 469 g/mol. The van der Waals surface area contributed by atoms with Gasteiger partial charge in [-0.25, -0.2) is 9.59 Å². The van der Waals surface area contributed by atoms with E-state index < -0.39 is 18.0 Å². The van der Waals surface area contributed by atoms with Crippen LogP contribution in [0, 0.1) is 0 Å². The number of nitrogens with one attached hydrogen (secondary N) is 2. The van der Waals surface area contributed by atoms with Gasteiger partial charge in [0.2, 0.25) is 0 Å². The quantitative estimate of drug-likeness (QED) is 0.361. The summed E-state index contributed by atoms with van der Waals surface area (Å²) in [5.74, 6) is 2.36. The summed E-state index contributed by atoms with van der Waals surface area (Å²) in [5, 5.41) is 15.0. The van der Waals surface area contributed by atoms with Crippen molar-refractivity contribution in [2.75, 3.05) is 12.4 Å². The zero-order valence-corrected chi connectivity index (χ0v) is 18.8. The van der Waals surface area contributed by atoms with Crippen LogP contribution < -0.4 is 10.6 Å². The lowest BCUT2D eigenvalue weighted by Gasteiger charge is -2.27. The number of nitrogens with zero attached hydrogens (tertiary/aromatic N) is 3. The Kier molecular flexibility index (Phi) is 5.95. The molecule has 5 rings (SSSR count). The molecule has 33 heavy (non-hydrogen) atoms. The highest BCUT2D eigenvalue weighted by atomic mass is 32.2. The number of amides is 2. The Morgan fingerprint density at radius 3 is 2.76 bits per heavy atom. The Labute approximate surface area is 193 Å². The average Bonchev–Trinajstić information content (AvgIpc) is 3.20. The van der Waals surface area contributed by atoms with E-state index in [1.165, 1.54) is 18.0 Å². The van der Waals surface area contributed by atoms with Crippen molar-refractivity contribution in [3.63, 3.8) is 0 Å². The molecule has 0 spiro atoms. The maximum absolute atomic E-state index is 12.8. The van der Waals surface area contributed by atoms with Gasteiger partial charge in [0.05, 0.1) is 31.3 Å². The molecule has 0 bridgehead atoms. The summed E-state index contributed by atoms with van der Waals surface area (Å²) in [4.78, 5) is 25.2. The molecule has 1 saturated carbocycles. The van der Waals surface area contributed by atoms with E-state index >= 15 is 0 Å². The number of carbonyl (C=O) groups is 2. The first kappa shape index (κ1) is 21.4. The van der Waals surface area contributed by atoms with Gasteiger partial charge in [0.15, 0.2) is 5.16 Å². The van der Waals surface area contributed by atoms with Gasteiger partial charge in [-0.05, 0) is 44.0 Å². The third-order valence-electron chi connectivity index (χ3n) is 5.40. The zero-order chi connectivity index (χ0) is 22.8. The second-order valence-corrected chi connectivity index (χ2v) is 8.67. The third-order valence-corrected chi connectivity index (χ3v) is 6.40. The Bertz CT molecular complexity index is 1160. The number of carbonyl (C=O) groups excluding carboxylic acids is 2. The Balaban J connectivity index is 1.45. The second kappa shape index (κ2) is 9.18. The molecular weight excluding hydrogens is 446 g/mol. The van der Waals surface area contributed by atoms with Crippen molar-refractivity contribution in [3.05, 3.63) is 65.4 Å². The number of ether oxygens (including phenoxy) is 1. The van der Waals surface area contributed by atoms with E-state index in [0.717, 1.165) is 24.4 Å². The predicted molar refractivity (Wildman–Crippen MR) is 117 cm³/mol. The van der Waals surface area contributed by atoms with Gasteiger partial charge < -0.3 is 24.2 Å². The standard InChI is InChI=1S/C22H23N5O5S/c1-2-30-20(28)17-15(23-21(29)24-18(17)16-6-4-10-32-16)12-33-22-26-25-19(13-7-8-13)27(22)11-14-5-3-9-31-14/h3-6,9-10,13,18H,2,7-8,11-12H2,1H3,(H2,23,24,29). The van der Waals surface area contributed by atoms with E-state index in [1.807, 2.05) is 16.7 Å². The highest BCUT2D eigenvalue weighted by molar-refractivity contribution is 7.99. The van der Waals surface area contributed by atoms with Crippen LogP contribution in [-0.4, -0.2) is 39.1 Å². The first-order valence-electron chi connectivity index (χ1n) is 10.7. The van der Waals surface area contributed by atoms with Gasteiger partial charge >= 0.3 is 12.0 Å². The number of thioether (sulfide) groups is 1. The summed E-state index contributed by atoms with van der Waals surface area (Å²) in [7, 11) is 0. The summed E-state index contributed by atoms with van der Waals surface area (Å²) in [6, 6.07) is 6.01. The van der Waals surface area contributed by atoms with Gasteiger partial charge in [-0.3, -0.25) is 4.57 Å². The van der Waals surface area contributed by atoms with Crippen molar-refractivity contribution >= 4 is 23.8 Å². The topological polar surface area (TPSA) is 124 Å². The summed E-state index contributed by atoms with van der Waals surface area (Å²) < 4.78 is 18.3. The van der Waals surface area contributed by atoms with E-state index in [1.54, 1.807) is 25.3 Å². The lowest BCUT2D eigenvalue weighted by atomic mass is 10.0. The van der Waals surface area contributed by atoms with Crippen LogP contribution in [0.15, 0.2) is 62.1 Å². The Morgan fingerprint density at radius 2 is 2.06 bits per heavy atom. The average molecular weight is 470 g/mol. The smallest absolute Gasteiger partial charge is 0.338 e. The molecule has 172 valence electrons. The Morgan fingerprint density at radius 1 is 1.24 bits per heavy atom. The molecule has 1 atom stereocenters. The largest absolute Gasteiger partial charge is 0.467 e. The van der Waals surface area contributed by atoms with Crippen LogP contribution in [0.1, 0.15) is 49.1 Å². The number of rotatable bonds is 9. The normalized spacial score (nSPS) is 18.2. The number of hydrogen-bond acceptors (Lipinski definition) is 8. The lowest BCUT2D eigenvalue weighted by Crippen LogP contribution is -2.46. The van der Waals surface area contributed by atoms with Crippen molar-refractivity contribution in [3.8, 4) is 0 Å². The van der Waals surface area contributed by atoms with Crippen LogP contribution in [0.3, 0.4) is 0 Å². The molecule has 1 unspecified atom stereocenters. The van der Waals surface area contributed by atoms with Gasteiger partial charge in [0.25, 0.3) is 0 Å². The number of aromatic nitrogens is 3. The van der Waals surface area contributed by atoms with Crippen molar-refractivity contribution in [1.29, 1.82) is 0 Å². The van der Waals surface area contributed by atoms with Crippen LogP contribution in [0.2, 0.25) is 0 Å². The fraction of sp³-hybridized carbons (Fsp3) is 0.364. The molecule has 11 heteroatoms. The van der Waals surface area contributed by atoms with E-state index in [-0.39, 0.29) is 6.61 Å². The minimum atomic E-state index is -0.744. The number of esters is 1. The molecule has 2 aliphatic rings. The van der Waals surface area contributed by atoms with Crippen molar-refractivity contribution < 1.29 is 23.2 Å². The fourth-order valence-electron chi connectivity index (χ4n) is 3.74. The summed E-state index contributed by atoms with van der Waals surface area (Å²) in [6.45, 7) is 2.46. The van der Waals surface area contributed by atoms with Crippen LogP contribution in [0.25, 0.3) is 0 Å². The van der Waals surface area contributed by atoms with E-state index in [0.29, 0.717) is 40.4 Å². The molecule has 2 amide bonds. The SMILES string of the molecule is CCOC(=O)C1=C(CSc2nnc(C3CC3)n2Cc2ccco2)NC(=O)NC1c1ccco1. The van der Waals surface area contributed by atoms with E-state index in [9.17, 15) is 9.59 Å². The third kappa shape index (κ3) is 4.54. The van der Waals surface area contributed by atoms with E-state index in [4.69, 9.17) is 13.6 Å². The van der Waals surface area contributed by atoms with Crippen molar-refractivity contribution in [1.82, 2.24) is 25.4 Å². The Hall–Kier alpha value is -3.47. The molecule has 2 N–H and O–H groups in total. The van der Waals surface area contributed by atoms with Crippen molar-refractivity contribution in [2.24, 2.45) is 0 Å². The number of urea groups is 1. The second-order valence-electron chi connectivity index (χ2n) is 7.73. The van der Waals surface area contributed by atoms with Crippen LogP contribution in [0.5, 0.6) is 0 Å². The lowest BCUT2D eigenvalue weighted by molar-refractivity contribution is -0.139. The maximum atomic E-state index is 12.8. The first-order chi connectivity index (χ1) is 16.1. The summed E-state index contributed by atoms with van der Waals surface area (Å²) in [5.41, 5.74) is 0.752. The minimum absolute atomic E-state index is 0.212. The van der Waals surface area contributed by atoms with Gasteiger partial charge in [-0.15, -0.1) is 10.2 Å². The van der Waals surface area contributed by atoms with Crippen LogP contribution >= 0.6 is 11.8 Å². The molecular formula is C22H23N5O5S. The van der Waals surface area contributed by atoms with Crippen LogP contribution in [-0.2, 0) is 16.1 Å². The minimum Gasteiger partial charge on any atom is -0.467 e. The maximum Gasteiger partial charge on any atom is 0.338 e. The summed E-state index contributed by atoms with van der Waals surface area (Å²) >= 11 is 1.39. The molecule has 1 aliphatic carbocycles. The molecule has 10 nitrogen and oxygen atoms in total.